The Balaban J connectivity index is 1.80. The molecule has 3 aromatic rings. The van der Waals surface area contributed by atoms with Gasteiger partial charge in [-0.25, -0.2) is 13.6 Å². The summed E-state index contributed by atoms with van der Waals surface area (Å²) >= 11 is 2.81. The Labute approximate surface area is 188 Å². The van der Waals surface area contributed by atoms with E-state index < -0.39 is 10.0 Å². The monoisotopic (exact) mass is 481 g/mol. The van der Waals surface area contributed by atoms with Crippen LogP contribution in [0.25, 0.3) is 10.2 Å². The first-order chi connectivity index (χ1) is 14.8. The second-order valence-corrected chi connectivity index (χ2v) is 10.2. The van der Waals surface area contributed by atoms with Crippen molar-refractivity contribution >= 4 is 49.2 Å². The van der Waals surface area contributed by atoms with Crippen LogP contribution < -0.4 is 14.7 Å². The smallest absolute Gasteiger partial charge is 0.249 e. The zero-order valence-corrected chi connectivity index (χ0v) is 19.6. The maximum atomic E-state index is 12.5. The SMILES string of the molecule is COCCn1c(=NC(=O)CCSc2ccc(OC)cc2)sc2cc(S(N)(=O)=O)ccc21. The Morgan fingerprint density at radius 1 is 1.19 bits per heavy atom. The Kier molecular flexibility index (Phi) is 7.89. The van der Waals surface area contributed by atoms with Gasteiger partial charge in [0.05, 0.1) is 28.8 Å². The van der Waals surface area contributed by atoms with Crippen molar-refractivity contribution in [2.45, 2.75) is 22.8 Å². The summed E-state index contributed by atoms with van der Waals surface area (Å²) in [6.07, 6.45) is 0.275. The van der Waals surface area contributed by atoms with Gasteiger partial charge in [-0.2, -0.15) is 4.99 Å². The molecular weight excluding hydrogens is 458 g/mol. The Bertz CT molecular complexity index is 1230. The number of methoxy groups -OCH3 is 2. The van der Waals surface area contributed by atoms with Gasteiger partial charge in [-0.05, 0) is 42.5 Å². The van der Waals surface area contributed by atoms with E-state index in [0.717, 1.165) is 16.2 Å². The van der Waals surface area contributed by atoms with Crippen LogP contribution in [-0.4, -0.2) is 45.5 Å². The molecule has 8 nitrogen and oxygen atoms in total. The third-order valence-corrected chi connectivity index (χ3v) is 7.33. The standard InChI is InChI=1S/C20H23N3O5S3/c1-27-11-10-23-17-8-7-16(31(21,25)26)13-18(17)30-20(23)22-19(24)9-12-29-15-5-3-14(28-2)4-6-15/h3-8,13H,9-12H2,1-2H3,(H2,21,25,26). The van der Waals surface area contributed by atoms with E-state index in [1.807, 2.05) is 28.8 Å². The quantitative estimate of drug-likeness (QED) is 0.470. The number of hydrogen-bond donors (Lipinski definition) is 1. The highest BCUT2D eigenvalue weighted by Gasteiger charge is 2.13. The lowest BCUT2D eigenvalue weighted by Gasteiger charge is -2.05. The summed E-state index contributed by atoms with van der Waals surface area (Å²) < 4.78 is 36.2. The highest BCUT2D eigenvalue weighted by Crippen LogP contribution is 2.23. The average Bonchev–Trinajstić information content (AvgIpc) is 3.08. The van der Waals surface area contributed by atoms with Crippen LogP contribution in [0.1, 0.15) is 6.42 Å². The van der Waals surface area contributed by atoms with Crippen molar-refractivity contribution in [1.29, 1.82) is 0 Å². The van der Waals surface area contributed by atoms with Crippen molar-refractivity contribution in [3.63, 3.8) is 0 Å². The summed E-state index contributed by atoms with van der Waals surface area (Å²) in [5.74, 6) is 1.13. The number of hydrogen-bond acceptors (Lipinski definition) is 7. The van der Waals surface area contributed by atoms with Crippen LogP contribution in [0.15, 0.2) is 57.2 Å². The lowest BCUT2D eigenvalue weighted by atomic mass is 10.3. The third kappa shape index (κ3) is 6.17. The molecule has 1 aromatic heterocycles. The molecule has 1 amide bonds. The average molecular weight is 482 g/mol. The molecule has 3 rings (SSSR count). The van der Waals surface area contributed by atoms with Gasteiger partial charge in [-0.3, -0.25) is 4.79 Å². The van der Waals surface area contributed by atoms with E-state index in [-0.39, 0.29) is 17.2 Å². The molecule has 11 heteroatoms. The lowest BCUT2D eigenvalue weighted by molar-refractivity contribution is -0.117. The minimum absolute atomic E-state index is 0.0221. The first-order valence-electron chi connectivity index (χ1n) is 9.31. The Morgan fingerprint density at radius 3 is 2.58 bits per heavy atom. The predicted molar refractivity (Wildman–Crippen MR) is 122 cm³/mol. The highest BCUT2D eigenvalue weighted by molar-refractivity contribution is 7.99. The molecule has 0 aliphatic carbocycles. The summed E-state index contributed by atoms with van der Waals surface area (Å²) in [6, 6.07) is 12.3. The number of rotatable bonds is 9. The zero-order valence-electron chi connectivity index (χ0n) is 17.1. The van der Waals surface area contributed by atoms with E-state index in [9.17, 15) is 13.2 Å². The number of primary sulfonamides is 1. The minimum Gasteiger partial charge on any atom is -0.497 e. The second kappa shape index (κ2) is 10.4. The fraction of sp³-hybridized carbons (Fsp3) is 0.300. The number of thiazole rings is 1. The van der Waals surface area contributed by atoms with Crippen molar-refractivity contribution in [3.8, 4) is 5.75 Å². The summed E-state index contributed by atoms with van der Waals surface area (Å²) in [7, 11) is -0.610. The number of nitrogens with zero attached hydrogens (tertiary/aromatic N) is 2. The second-order valence-electron chi connectivity index (χ2n) is 6.48. The van der Waals surface area contributed by atoms with Gasteiger partial charge in [0.2, 0.25) is 15.9 Å². The van der Waals surface area contributed by atoms with Crippen molar-refractivity contribution in [2.75, 3.05) is 26.6 Å². The van der Waals surface area contributed by atoms with Gasteiger partial charge < -0.3 is 14.0 Å². The molecular formula is C20H23N3O5S3. The fourth-order valence-electron chi connectivity index (χ4n) is 2.81. The van der Waals surface area contributed by atoms with Crippen LogP contribution in [0.2, 0.25) is 0 Å². The van der Waals surface area contributed by atoms with Crippen LogP contribution in [0, 0.1) is 0 Å². The molecule has 0 saturated heterocycles. The van der Waals surface area contributed by atoms with Gasteiger partial charge in [0.1, 0.15) is 5.75 Å². The number of amides is 1. The van der Waals surface area contributed by atoms with E-state index >= 15 is 0 Å². The zero-order chi connectivity index (χ0) is 22.4. The molecule has 0 atom stereocenters. The molecule has 0 aliphatic rings. The summed E-state index contributed by atoms with van der Waals surface area (Å²) in [5.41, 5.74) is 0.772. The maximum absolute atomic E-state index is 12.5. The van der Waals surface area contributed by atoms with Gasteiger partial charge in [-0.1, -0.05) is 11.3 Å². The largest absolute Gasteiger partial charge is 0.497 e. The summed E-state index contributed by atoms with van der Waals surface area (Å²) in [5, 5.41) is 5.24. The van der Waals surface area contributed by atoms with Crippen LogP contribution in [-0.2, 0) is 26.1 Å². The molecule has 0 radical (unpaired) electrons. The van der Waals surface area contributed by atoms with E-state index in [1.54, 1.807) is 32.0 Å². The molecule has 166 valence electrons. The molecule has 0 fully saturated rings. The molecule has 0 unspecified atom stereocenters. The number of carbonyl (C=O) groups excluding carboxylic acids is 1. The molecule has 31 heavy (non-hydrogen) atoms. The first-order valence-corrected chi connectivity index (χ1v) is 12.7. The number of ether oxygens (including phenoxy) is 2. The highest BCUT2D eigenvalue weighted by atomic mass is 32.2. The van der Waals surface area contributed by atoms with Gasteiger partial charge in [-0.15, -0.1) is 11.8 Å². The normalized spacial score (nSPS) is 12.4. The number of nitrogens with two attached hydrogens (primary N) is 1. The predicted octanol–water partition coefficient (Wildman–Crippen LogP) is 2.61. The molecule has 0 aliphatic heterocycles. The molecule has 0 saturated carbocycles. The van der Waals surface area contributed by atoms with E-state index in [2.05, 4.69) is 4.99 Å². The van der Waals surface area contributed by atoms with Gasteiger partial charge in [0.15, 0.2) is 4.80 Å². The van der Waals surface area contributed by atoms with E-state index in [4.69, 9.17) is 14.6 Å². The maximum Gasteiger partial charge on any atom is 0.249 e. The number of thioether (sulfide) groups is 1. The number of carbonyl (C=O) groups is 1. The lowest BCUT2D eigenvalue weighted by Crippen LogP contribution is -2.19. The van der Waals surface area contributed by atoms with Crippen LogP contribution in [0.3, 0.4) is 0 Å². The van der Waals surface area contributed by atoms with Gasteiger partial charge in [0.25, 0.3) is 0 Å². The van der Waals surface area contributed by atoms with Crippen molar-refractivity contribution in [2.24, 2.45) is 10.1 Å². The topological polar surface area (TPSA) is 113 Å². The number of aromatic nitrogens is 1. The first kappa shape index (κ1) is 23.5. The van der Waals surface area contributed by atoms with Gasteiger partial charge in [0, 0.05) is 30.7 Å². The van der Waals surface area contributed by atoms with E-state index in [0.29, 0.717) is 28.4 Å². The third-order valence-electron chi connectivity index (χ3n) is 4.37. The summed E-state index contributed by atoms with van der Waals surface area (Å²) in [4.78, 5) is 18.3. The Morgan fingerprint density at radius 2 is 1.94 bits per heavy atom. The fourth-order valence-corrected chi connectivity index (χ4v) is 5.37. The molecule has 0 bridgehead atoms. The number of fused-ring (bicyclic) bond motifs is 1. The van der Waals surface area contributed by atoms with Crippen molar-refractivity contribution in [1.82, 2.24) is 4.57 Å². The van der Waals surface area contributed by atoms with Crippen molar-refractivity contribution < 1.29 is 22.7 Å². The molecule has 0 spiro atoms. The van der Waals surface area contributed by atoms with Crippen molar-refractivity contribution in [3.05, 3.63) is 47.3 Å². The molecule has 2 N–H and O–H groups in total. The minimum atomic E-state index is -3.82. The molecule has 1 heterocycles. The van der Waals surface area contributed by atoms with E-state index in [1.165, 1.54) is 23.5 Å². The summed E-state index contributed by atoms with van der Waals surface area (Å²) in [6.45, 7) is 0.912. The molecule has 2 aromatic carbocycles. The Hall–Kier alpha value is -2.18. The number of sulfonamides is 1. The van der Waals surface area contributed by atoms with Crippen LogP contribution in [0.5, 0.6) is 5.75 Å². The van der Waals surface area contributed by atoms with Crippen LogP contribution >= 0.6 is 23.1 Å². The number of benzene rings is 2. The van der Waals surface area contributed by atoms with Gasteiger partial charge >= 0.3 is 0 Å². The van der Waals surface area contributed by atoms with Crippen LogP contribution in [0.4, 0.5) is 0 Å².